The predicted molar refractivity (Wildman–Crippen MR) is 83.8 cm³/mol. The molecule has 0 spiro atoms. The van der Waals surface area contributed by atoms with E-state index in [1.165, 1.54) is 38.5 Å². The van der Waals surface area contributed by atoms with E-state index in [1.807, 2.05) is 0 Å². The molecule has 24 heavy (non-hydrogen) atoms. The number of nitrogens with one attached hydrogen (secondary N) is 2. The third-order valence-electron chi connectivity index (χ3n) is 3.21. The van der Waals surface area contributed by atoms with Crippen molar-refractivity contribution in [2.45, 2.75) is 18.9 Å². The van der Waals surface area contributed by atoms with E-state index in [0.717, 1.165) is 0 Å². The fourth-order valence-corrected chi connectivity index (χ4v) is 1.84. The Hall–Kier alpha value is -2.48. The molecule has 2 amide bonds. The first-order valence-corrected chi connectivity index (χ1v) is 7.39. The number of esters is 1. The summed E-state index contributed by atoms with van der Waals surface area (Å²) in [6, 6.07) is 5.18. The zero-order valence-electron chi connectivity index (χ0n) is 13.6. The minimum Gasteiger partial charge on any atom is -0.467 e. The number of methoxy groups -OCH3 is 2. The van der Waals surface area contributed by atoms with Crippen molar-refractivity contribution in [3.05, 3.63) is 35.6 Å². The molecule has 0 unspecified atom stereocenters. The molecule has 0 heterocycles. The fraction of sp³-hybridized carbons (Fsp3) is 0.438. The van der Waals surface area contributed by atoms with Gasteiger partial charge in [0.05, 0.1) is 13.7 Å². The van der Waals surface area contributed by atoms with Crippen LogP contribution in [-0.4, -0.2) is 51.2 Å². The fourth-order valence-electron chi connectivity index (χ4n) is 1.84. The van der Waals surface area contributed by atoms with Gasteiger partial charge in [-0.2, -0.15) is 0 Å². The summed E-state index contributed by atoms with van der Waals surface area (Å²) >= 11 is 0. The Labute approximate surface area is 139 Å². The lowest BCUT2D eigenvalue weighted by Crippen LogP contribution is -2.38. The molecule has 1 rings (SSSR count). The lowest BCUT2D eigenvalue weighted by Gasteiger charge is -2.13. The van der Waals surface area contributed by atoms with Crippen LogP contribution in [0.5, 0.6) is 0 Å². The summed E-state index contributed by atoms with van der Waals surface area (Å²) < 4.78 is 22.2. The summed E-state index contributed by atoms with van der Waals surface area (Å²) in [4.78, 5) is 34.7. The molecule has 0 saturated heterocycles. The van der Waals surface area contributed by atoms with Crippen molar-refractivity contribution in [1.82, 2.24) is 10.6 Å². The molecule has 0 aliphatic rings. The van der Waals surface area contributed by atoms with E-state index in [1.54, 1.807) is 0 Å². The van der Waals surface area contributed by atoms with Crippen LogP contribution < -0.4 is 10.6 Å². The minimum absolute atomic E-state index is 0.0178. The quantitative estimate of drug-likeness (QED) is 0.508. The molecule has 0 aliphatic carbocycles. The molecular formula is C16H21FN2O5. The molecule has 1 aromatic rings. The van der Waals surface area contributed by atoms with Crippen molar-refractivity contribution < 1.29 is 28.2 Å². The van der Waals surface area contributed by atoms with Gasteiger partial charge in [-0.3, -0.25) is 9.59 Å². The Kier molecular flexibility index (Phi) is 8.42. The van der Waals surface area contributed by atoms with Crippen LogP contribution in [0.25, 0.3) is 0 Å². The molecule has 0 aliphatic heterocycles. The Morgan fingerprint density at radius 3 is 2.38 bits per heavy atom. The molecule has 0 fully saturated rings. The molecule has 7 nitrogen and oxygen atoms in total. The molecule has 0 bridgehead atoms. The second kappa shape index (κ2) is 10.3. The van der Waals surface area contributed by atoms with Gasteiger partial charge in [0.1, 0.15) is 5.82 Å². The zero-order valence-corrected chi connectivity index (χ0v) is 13.6. The van der Waals surface area contributed by atoms with E-state index in [9.17, 15) is 18.8 Å². The minimum atomic E-state index is -0.850. The number of ether oxygens (including phenoxy) is 2. The molecule has 0 saturated carbocycles. The van der Waals surface area contributed by atoms with Crippen LogP contribution in [0.4, 0.5) is 4.39 Å². The van der Waals surface area contributed by atoms with Gasteiger partial charge in [-0.15, -0.1) is 0 Å². The molecule has 1 atom stereocenters. The first-order chi connectivity index (χ1) is 11.5. The summed E-state index contributed by atoms with van der Waals surface area (Å²) in [5.74, 6) is -1.58. The third-order valence-corrected chi connectivity index (χ3v) is 3.21. The van der Waals surface area contributed by atoms with Crippen molar-refractivity contribution in [2.75, 3.05) is 27.3 Å². The van der Waals surface area contributed by atoms with E-state index >= 15 is 0 Å². The summed E-state index contributed by atoms with van der Waals surface area (Å²) in [6.07, 6.45) is -0.243. The number of hydrogen-bond acceptors (Lipinski definition) is 5. The molecule has 2 N–H and O–H groups in total. The predicted octanol–water partition coefficient (Wildman–Crippen LogP) is 0.640. The van der Waals surface area contributed by atoms with E-state index in [-0.39, 0.29) is 24.8 Å². The first kappa shape index (κ1) is 19.6. The molecule has 8 heteroatoms. The van der Waals surface area contributed by atoms with Crippen molar-refractivity contribution in [2.24, 2.45) is 0 Å². The van der Waals surface area contributed by atoms with Crippen LogP contribution in [0, 0.1) is 5.82 Å². The van der Waals surface area contributed by atoms with E-state index < -0.39 is 17.9 Å². The highest BCUT2D eigenvalue weighted by Gasteiger charge is 2.18. The summed E-state index contributed by atoms with van der Waals surface area (Å²) in [5.41, 5.74) is 0.349. The molecule has 0 radical (unpaired) electrons. The lowest BCUT2D eigenvalue weighted by atomic mass is 10.2. The third kappa shape index (κ3) is 6.74. The van der Waals surface area contributed by atoms with Gasteiger partial charge >= 0.3 is 5.97 Å². The highest BCUT2D eigenvalue weighted by molar-refractivity contribution is 5.94. The van der Waals surface area contributed by atoms with Crippen LogP contribution >= 0.6 is 0 Å². The first-order valence-electron chi connectivity index (χ1n) is 7.39. The Morgan fingerprint density at radius 2 is 1.79 bits per heavy atom. The zero-order chi connectivity index (χ0) is 17.9. The topological polar surface area (TPSA) is 93.7 Å². The summed E-state index contributed by atoms with van der Waals surface area (Å²) in [5, 5.41) is 5.19. The van der Waals surface area contributed by atoms with E-state index in [0.29, 0.717) is 18.5 Å². The molecular weight excluding hydrogens is 319 g/mol. The average molecular weight is 340 g/mol. The van der Waals surface area contributed by atoms with Crippen molar-refractivity contribution in [3.63, 3.8) is 0 Å². The van der Waals surface area contributed by atoms with Gasteiger partial charge in [0.15, 0.2) is 6.10 Å². The number of carbonyl (C=O) groups is 3. The molecule has 132 valence electrons. The summed E-state index contributed by atoms with van der Waals surface area (Å²) in [6.45, 7) is 0.318. The lowest BCUT2D eigenvalue weighted by molar-refractivity contribution is -0.152. The Bertz CT molecular complexity index is 562. The van der Waals surface area contributed by atoms with Crippen molar-refractivity contribution >= 4 is 17.8 Å². The van der Waals surface area contributed by atoms with Crippen LogP contribution in [0.15, 0.2) is 24.3 Å². The maximum atomic E-state index is 12.8. The molecule has 1 aromatic carbocycles. The van der Waals surface area contributed by atoms with Crippen molar-refractivity contribution in [3.8, 4) is 0 Å². The number of amides is 2. The van der Waals surface area contributed by atoms with Gasteiger partial charge in [-0.1, -0.05) is 0 Å². The number of hydrogen-bond donors (Lipinski definition) is 2. The number of carbonyl (C=O) groups excluding carboxylic acids is 3. The SMILES string of the molecule is COC(=O)[C@H](CNC(=O)CCCNC(=O)c1ccc(F)cc1)OC. The van der Waals surface area contributed by atoms with Gasteiger partial charge in [-0.05, 0) is 30.7 Å². The second-order valence-electron chi connectivity index (χ2n) is 4.92. The highest BCUT2D eigenvalue weighted by atomic mass is 19.1. The number of rotatable bonds is 9. The summed E-state index contributed by atoms with van der Waals surface area (Å²) in [7, 11) is 2.58. The van der Waals surface area contributed by atoms with Crippen LogP contribution in [0.1, 0.15) is 23.2 Å². The van der Waals surface area contributed by atoms with E-state index in [2.05, 4.69) is 15.4 Å². The van der Waals surface area contributed by atoms with Gasteiger partial charge < -0.3 is 20.1 Å². The maximum Gasteiger partial charge on any atom is 0.336 e. The monoisotopic (exact) mass is 340 g/mol. The standard InChI is InChI=1S/C16H21FN2O5/c1-23-13(16(22)24-2)10-19-14(20)4-3-9-18-15(21)11-5-7-12(17)8-6-11/h5-8,13H,3-4,9-10H2,1-2H3,(H,18,21)(H,19,20)/t13-/m0/s1. The van der Waals surface area contributed by atoms with E-state index in [4.69, 9.17) is 4.74 Å². The van der Waals surface area contributed by atoms with Crippen LogP contribution in [0.3, 0.4) is 0 Å². The van der Waals surface area contributed by atoms with Gasteiger partial charge in [0.25, 0.3) is 5.91 Å². The van der Waals surface area contributed by atoms with Gasteiger partial charge in [-0.25, -0.2) is 9.18 Å². The second-order valence-corrected chi connectivity index (χ2v) is 4.92. The molecule has 0 aromatic heterocycles. The van der Waals surface area contributed by atoms with Crippen LogP contribution in [-0.2, 0) is 19.1 Å². The van der Waals surface area contributed by atoms with Gasteiger partial charge in [0.2, 0.25) is 5.91 Å². The normalized spacial score (nSPS) is 11.5. The smallest absolute Gasteiger partial charge is 0.336 e. The van der Waals surface area contributed by atoms with Crippen molar-refractivity contribution in [1.29, 1.82) is 0 Å². The number of halogens is 1. The Balaban J connectivity index is 2.22. The maximum absolute atomic E-state index is 12.8. The van der Waals surface area contributed by atoms with Gasteiger partial charge in [0, 0.05) is 25.6 Å². The Morgan fingerprint density at radius 1 is 1.12 bits per heavy atom. The average Bonchev–Trinajstić information content (AvgIpc) is 2.59. The highest BCUT2D eigenvalue weighted by Crippen LogP contribution is 2.02. The largest absolute Gasteiger partial charge is 0.467 e. The van der Waals surface area contributed by atoms with Crippen LogP contribution in [0.2, 0.25) is 0 Å². The number of benzene rings is 1.